The van der Waals surface area contributed by atoms with Crippen molar-refractivity contribution >= 4 is 51.9 Å². The molecule has 7 heteroatoms. The van der Waals surface area contributed by atoms with Crippen LogP contribution in [-0.2, 0) is 9.59 Å². The van der Waals surface area contributed by atoms with E-state index < -0.39 is 6.04 Å². The van der Waals surface area contributed by atoms with Crippen LogP contribution in [0.4, 0.5) is 5.69 Å². The summed E-state index contributed by atoms with van der Waals surface area (Å²) in [5.74, 6) is -0.589. The molecule has 0 bridgehead atoms. The van der Waals surface area contributed by atoms with E-state index in [1.807, 2.05) is 25.1 Å². The number of hydrogen-bond donors (Lipinski definition) is 2. The number of amides is 2. The van der Waals surface area contributed by atoms with Gasteiger partial charge in [-0.15, -0.1) is 0 Å². The van der Waals surface area contributed by atoms with Crippen LogP contribution in [-0.4, -0.2) is 32.2 Å². The van der Waals surface area contributed by atoms with Crippen LogP contribution in [0.5, 0.6) is 5.75 Å². The number of carbonyl (C=O) groups is 2. The van der Waals surface area contributed by atoms with Gasteiger partial charge < -0.3 is 10.4 Å². The molecular formula is C20H18N2O3S2. The van der Waals surface area contributed by atoms with E-state index in [0.717, 1.165) is 17.3 Å². The molecule has 2 N–H and O–H groups in total. The molecule has 3 rings (SSSR count). The predicted octanol–water partition coefficient (Wildman–Crippen LogP) is 3.93. The lowest BCUT2D eigenvalue weighted by Gasteiger charge is -2.22. The number of nitrogens with zero attached hydrogens (tertiary/aromatic N) is 1. The molecule has 0 radical (unpaired) electrons. The van der Waals surface area contributed by atoms with Gasteiger partial charge in [0.1, 0.15) is 16.1 Å². The van der Waals surface area contributed by atoms with Crippen molar-refractivity contribution in [3.05, 3.63) is 64.6 Å². The molecule has 27 heavy (non-hydrogen) atoms. The number of para-hydroxylation sites is 1. The van der Waals surface area contributed by atoms with E-state index in [9.17, 15) is 14.7 Å². The van der Waals surface area contributed by atoms with E-state index in [2.05, 4.69) is 5.32 Å². The quantitative estimate of drug-likeness (QED) is 0.603. The molecular weight excluding hydrogens is 380 g/mol. The summed E-state index contributed by atoms with van der Waals surface area (Å²) in [7, 11) is 0. The van der Waals surface area contributed by atoms with Crippen molar-refractivity contribution in [2.75, 3.05) is 5.32 Å². The van der Waals surface area contributed by atoms with E-state index in [0.29, 0.717) is 20.5 Å². The lowest BCUT2D eigenvalue weighted by atomic mass is 10.1. The van der Waals surface area contributed by atoms with Gasteiger partial charge in [0.15, 0.2) is 0 Å². The minimum Gasteiger partial charge on any atom is -0.507 e. The van der Waals surface area contributed by atoms with Crippen molar-refractivity contribution in [2.24, 2.45) is 0 Å². The molecule has 1 heterocycles. The molecule has 1 fully saturated rings. The highest BCUT2D eigenvalue weighted by Gasteiger charge is 2.38. The Labute approximate surface area is 167 Å². The first-order valence-corrected chi connectivity index (χ1v) is 9.52. The summed E-state index contributed by atoms with van der Waals surface area (Å²) in [4.78, 5) is 27.0. The van der Waals surface area contributed by atoms with Crippen LogP contribution < -0.4 is 5.32 Å². The molecule has 1 unspecified atom stereocenters. The second kappa shape index (κ2) is 7.94. The van der Waals surface area contributed by atoms with Crippen molar-refractivity contribution in [2.45, 2.75) is 19.9 Å². The highest BCUT2D eigenvalue weighted by molar-refractivity contribution is 8.26. The third-order valence-electron chi connectivity index (χ3n) is 4.10. The van der Waals surface area contributed by atoms with E-state index in [4.69, 9.17) is 12.2 Å². The Kier molecular flexibility index (Phi) is 5.62. The third-order valence-corrected chi connectivity index (χ3v) is 5.43. The van der Waals surface area contributed by atoms with Gasteiger partial charge in [-0.1, -0.05) is 54.3 Å². The number of aryl methyl sites for hydroxylation is 1. The average molecular weight is 399 g/mol. The van der Waals surface area contributed by atoms with E-state index in [1.165, 1.54) is 4.90 Å². The second-order valence-corrected chi connectivity index (χ2v) is 7.82. The zero-order valence-electron chi connectivity index (χ0n) is 14.8. The van der Waals surface area contributed by atoms with Gasteiger partial charge >= 0.3 is 0 Å². The number of nitrogens with one attached hydrogen (secondary N) is 1. The number of phenolic OH excluding ortho intramolecular Hbond substituents is 1. The fraction of sp³-hybridized carbons (Fsp3) is 0.150. The smallest absolute Gasteiger partial charge is 0.266 e. The minimum absolute atomic E-state index is 0.0769. The van der Waals surface area contributed by atoms with Crippen LogP contribution in [0.15, 0.2) is 53.4 Å². The number of phenols is 1. The molecule has 1 atom stereocenters. The van der Waals surface area contributed by atoms with Crippen LogP contribution in [0.1, 0.15) is 18.1 Å². The van der Waals surface area contributed by atoms with Crippen LogP contribution in [0.3, 0.4) is 0 Å². The maximum absolute atomic E-state index is 12.8. The molecule has 0 spiro atoms. The molecule has 2 amide bonds. The fourth-order valence-electron chi connectivity index (χ4n) is 2.65. The number of rotatable bonds is 4. The van der Waals surface area contributed by atoms with E-state index in [1.54, 1.807) is 43.3 Å². The number of hydrogen-bond acceptors (Lipinski definition) is 5. The van der Waals surface area contributed by atoms with Gasteiger partial charge in [-0.2, -0.15) is 0 Å². The van der Waals surface area contributed by atoms with Crippen molar-refractivity contribution in [1.82, 2.24) is 4.90 Å². The Morgan fingerprint density at radius 3 is 2.70 bits per heavy atom. The average Bonchev–Trinajstić information content (AvgIpc) is 2.90. The van der Waals surface area contributed by atoms with Crippen LogP contribution in [0, 0.1) is 6.92 Å². The van der Waals surface area contributed by atoms with Crippen molar-refractivity contribution in [3.8, 4) is 5.75 Å². The van der Waals surface area contributed by atoms with Crippen molar-refractivity contribution < 1.29 is 14.7 Å². The number of anilines is 1. The first-order chi connectivity index (χ1) is 12.9. The van der Waals surface area contributed by atoms with Gasteiger partial charge in [0, 0.05) is 11.3 Å². The third kappa shape index (κ3) is 4.20. The summed E-state index contributed by atoms with van der Waals surface area (Å²) in [6.07, 6.45) is 1.58. The van der Waals surface area contributed by atoms with Gasteiger partial charge in [0.25, 0.3) is 5.91 Å². The lowest BCUT2D eigenvalue weighted by molar-refractivity contribution is -0.129. The minimum atomic E-state index is -0.756. The summed E-state index contributed by atoms with van der Waals surface area (Å²) >= 11 is 6.43. The zero-order valence-corrected chi connectivity index (χ0v) is 16.4. The van der Waals surface area contributed by atoms with E-state index in [-0.39, 0.29) is 17.6 Å². The van der Waals surface area contributed by atoms with Gasteiger partial charge in [0.2, 0.25) is 5.91 Å². The maximum atomic E-state index is 12.8. The number of carbonyl (C=O) groups excluding carboxylic acids is 2. The maximum Gasteiger partial charge on any atom is 0.266 e. The highest BCUT2D eigenvalue weighted by Crippen LogP contribution is 2.35. The predicted molar refractivity (Wildman–Crippen MR) is 112 cm³/mol. The van der Waals surface area contributed by atoms with Crippen LogP contribution in [0.25, 0.3) is 6.08 Å². The Morgan fingerprint density at radius 1 is 1.26 bits per heavy atom. The monoisotopic (exact) mass is 398 g/mol. The number of benzene rings is 2. The van der Waals surface area contributed by atoms with Crippen LogP contribution >= 0.6 is 24.0 Å². The molecule has 1 saturated heterocycles. The first-order valence-electron chi connectivity index (χ1n) is 8.29. The molecule has 0 aliphatic carbocycles. The largest absolute Gasteiger partial charge is 0.507 e. The summed E-state index contributed by atoms with van der Waals surface area (Å²) in [5, 5.41) is 12.7. The Balaban J connectivity index is 1.78. The Bertz CT molecular complexity index is 956. The van der Waals surface area contributed by atoms with E-state index >= 15 is 0 Å². The Morgan fingerprint density at radius 2 is 2.00 bits per heavy atom. The molecule has 5 nitrogen and oxygen atoms in total. The van der Waals surface area contributed by atoms with Crippen molar-refractivity contribution in [1.29, 1.82) is 0 Å². The van der Waals surface area contributed by atoms with Gasteiger partial charge in [-0.25, -0.2) is 0 Å². The SMILES string of the molecule is Cc1cccc(NC(=O)C(C)N2C(=O)/C(=C/c3ccccc3O)SC2=S)c1. The first kappa shape index (κ1) is 19.1. The normalized spacial score (nSPS) is 16.7. The van der Waals surface area contributed by atoms with Gasteiger partial charge in [0.05, 0.1) is 4.91 Å². The molecule has 2 aromatic rings. The van der Waals surface area contributed by atoms with Gasteiger partial charge in [-0.05, 0) is 43.7 Å². The standard InChI is InChI=1S/C20H18N2O3S2/c1-12-6-5-8-15(10-12)21-18(24)13(2)22-19(25)17(27-20(22)26)11-14-7-3-4-9-16(14)23/h3-11,13,23H,1-2H3,(H,21,24)/b17-11-. The number of aromatic hydroxyl groups is 1. The number of thiocarbonyl (C=S) groups is 1. The fourth-order valence-corrected chi connectivity index (χ4v) is 4.06. The van der Waals surface area contributed by atoms with Crippen molar-refractivity contribution in [3.63, 3.8) is 0 Å². The molecule has 1 aliphatic rings. The summed E-state index contributed by atoms with van der Waals surface area (Å²) in [6.45, 7) is 3.57. The highest BCUT2D eigenvalue weighted by atomic mass is 32.2. The molecule has 138 valence electrons. The lowest BCUT2D eigenvalue weighted by Crippen LogP contribution is -2.44. The number of thioether (sulfide) groups is 1. The van der Waals surface area contributed by atoms with Crippen LogP contribution in [0.2, 0.25) is 0 Å². The molecule has 2 aromatic carbocycles. The zero-order chi connectivity index (χ0) is 19.6. The summed E-state index contributed by atoms with van der Waals surface area (Å²) in [6, 6.07) is 13.4. The topological polar surface area (TPSA) is 69.6 Å². The van der Waals surface area contributed by atoms with Gasteiger partial charge in [-0.3, -0.25) is 14.5 Å². The summed E-state index contributed by atoms with van der Waals surface area (Å²) in [5.41, 5.74) is 2.22. The molecule has 1 aliphatic heterocycles. The molecule has 0 saturated carbocycles. The summed E-state index contributed by atoms with van der Waals surface area (Å²) < 4.78 is 0.313. The Hall–Kier alpha value is -2.64. The second-order valence-electron chi connectivity index (χ2n) is 6.15. The molecule has 0 aromatic heterocycles.